The molecule has 0 spiro atoms. The van der Waals surface area contributed by atoms with Gasteiger partial charge in [0.1, 0.15) is 0 Å². The van der Waals surface area contributed by atoms with Gasteiger partial charge in [-0.1, -0.05) is 13.8 Å². The van der Waals surface area contributed by atoms with Crippen LogP contribution in [0.3, 0.4) is 0 Å². The van der Waals surface area contributed by atoms with Crippen molar-refractivity contribution in [2.45, 2.75) is 46.6 Å². The van der Waals surface area contributed by atoms with Crippen LogP contribution in [0.2, 0.25) is 0 Å². The van der Waals surface area contributed by atoms with Crippen molar-refractivity contribution in [2.75, 3.05) is 26.7 Å². The molecule has 1 unspecified atom stereocenters. The Hall–Kier alpha value is -0.610. The van der Waals surface area contributed by atoms with Gasteiger partial charge in [-0.15, -0.1) is 0 Å². The molecule has 108 valence electrons. The highest BCUT2D eigenvalue weighted by atomic mass is 16.1. The zero-order valence-electron chi connectivity index (χ0n) is 12.7. The van der Waals surface area contributed by atoms with Crippen LogP contribution in [0.15, 0.2) is 0 Å². The molecule has 0 aromatic heterocycles. The van der Waals surface area contributed by atoms with Crippen LogP contribution in [0.25, 0.3) is 0 Å². The van der Waals surface area contributed by atoms with E-state index in [0.29, 0.717) is 18.5 Å². The molecular weight excluding hydrogens is 226 g/mol. The van der Waals surface area contributed by atoms with E-state index in [1.807, 2.05) is 0 Å². The van der Waals surface area contributed by atoms with E-state index < -0.39 is 0 Å². The highest BCUT2D eigenvalue weighted by molar-refractivity contribution is 5.78. The Morgan fingerprint density at radius 3 is 2.33 bits per heavy atom. The molecule has 0 heterocycles. The molecule has 0 aliphatic rings. The zero-order chi connectivity index (χ0) is 14.1. The third-order valence-electron chi connectivity index (χ3n) is 3.28. The first-order valence-electron chi connectivity index (χ1n) is 7.06. The highest BCUT2D eigenvalue weighted by Crippen LogP contribution is 2.10. The van der Waals surface area contributed by atoms with Gasteiger partial charge in [-0.3, -0.25) is 4.79 Å². The first-order valence-corrected chi connectivity index (χ1v) is 7.06. The number of hydrogen-bond donors (Lipinski definition) is 2. The summed E-state index contributed by atoms with van der Waals surface area (Å²) in [6.45, 7) is 10.8. The van der Waals surface area contributed by atoms with Gasteiger partial charge in [-0.25, -0.2) is 0 Å². The second-order valence-corrected chi connectivity index (χ2v) is 5.78. The third-order valence-corrected chi connectivity index (χ3v) is 3.28. The Balaban J connectivity index is 3.81. The normalized spacial score (nSPS) is 13.4. The number of hydrogen-bond acceptors (Lipinski definition) is 3. The number of amides is 1. The topological polar surface area (TPSA) is 58.4 Å². The maximum Gasteiger partial charge on any atom is 0.224 e. The first-order chi connectivity index (χ1) is 8.38. The van der Waals surface area contributed by atoms with Crippen molar-refractivity contribution in [1.29, 1.82) is 0 Å². The van der Waals surface area contributed by atoms with Crippen LogP contribution in [0, 0.1) is 11.8 Å². The van der Waals surface area contributed by atoms with Crippen LogP contribution in [-0.4, -0.2) is 43.5 Å². The lowest BCUT2D eigenvalue weighted by atomic mass is 9.96. The van der Waals surface area contributed by atoms with Gasteiger partial charge in [-0.05, 0) is 46.2 Å². The smallest absolute Gasteiger partial charge is 0.224 e. The Morgan fingerprint density at radius 1 is 1.28 bits per heavy atom. The number of carbonyl (C=O) groups excluding carboxylic acids is 1. The molecule has 0 aromatic carbocycles. The van der Waals surface area contributed by atoms with Gasteiger partial charge in [0, 0.05) is 19.1 Å². The van der Waals surface area contributed by atoms with E-state index in [1.54, 1.807) is 0 Å². The summed E-state index contributed by atoms with van der Waals surface area (Å²) in [5.74, 6) is 0.586. The minimum Gasteiger partial charge on any atom is -0.356 e. The van der Waals surface area contributed by atoms with Gasteiger partial charge in [0.05, 0.1) is 5.92 Å². The fraction of sp³-hybridized carbons (Fsp3) is 0.929. The lowest BCUT2D eigenvalue weighted by molar-refractivity contribution is -0.125. The predicted molar refractivity (Wildman–Crippen MR) is 77.4 cm³/mol. The van der Waals surface area contributed by atoms with Crippen molar-refractivity contribution in [1.82, 2.24) is 10.2 Å². The molecule has 1 atom stereocenters. The summed E-state index contributed by atoms with van der Waals surface area (Å²) in [5.41, 5.74) is 5.65. The molecule has 0 saturated carbocycles. The van der Waals surface area contributed by atoms with Crippen LogP contribution in [0.5, 0.6) is 0 Å². The Bertz CT molecular complexity index is 229. The molecule has 0 rings (SSSR count). The molecule has 3 N–H and O–H groups in total. The summed E-state index contributed by atoms with van der Waals surface area (Å²) < 4.78 is 0. The van der Waals surface area contributed by atoms with Crippen LogP contribution in [-0.2, 0) is 4.79 Å². The maximum atomic E-state index is 11.9. The molecule has 0 saturated heterocycles. The summed E-state index contributed by atoms with van der Waals surface area (Å²) in [6.07, 6.45) is 1.85. The van der Waals surface area contributed by atoms with Crippen LogP contribution in [0.1, 0.15) is 40.5 Å². The molecule has 0 aromatic rings. The average Bonchev–Trinajstić information content (AvgIpc) is 2.30. The van der Waals surface area contributed by atoms with Crippen molar-refractivity contribution in [3.05, 3.63) is 0 Å². The Morgan fingerprint density at radius 2 is 1.89 bits per heavy atom. The number of carbonyl (C=O) groups is 1. The molecular formula is C14H31N3O. The van der Waals surface area contributed by atoms with E-state index in [4.69, 9.17) is 5.73 Å². The van der Waals surface area contributed by atoms with Gasteiger partial charge in [-0.2, -0.15) is 0 Å². The third kappa shape index (κ3) is 7.67. The molecule has 1 amide bonds. The number of rotatable bonds is 9. The molecule has 0 bridgehead atoms. The van der Waals surface area contributed by atoms with Crippen LogP contribution in [0.4, 0.5) is 0 Å². The second-order valence-electron chi connectivity index (χ2n) is 5.78. The molecule has 4 nitrogen and oxygen atoms in total. The minimum absolute atomic E-state index is 0.0344. The largest absolute Gasteiger partial charge is 0.356 e. The van der Waals surface area contributed by atoms with Gasteiger partial charge < -0.3 is 16.0 Å². The summed E-state index contributed by atoms with van der Waals surface area (Å²) in [5, 5.41) is 2.99. The van der Waals surface area contributed by atoms with E-state index in [2.05, 4.69) is 45.0 Å². The van der Waals surface area contributed by atoms with Crippen molar-refractivity contribution < 1.29 is 4.79 Å². The molecule has 0 radical (unpaired) electrons. The molecule has 0 fully saturated rings. The molecule has 0 aliphatic carbocycles. The maximum absolute atomic E-state index is 11.9. The van der Waals surface area contributed by atoms with Crippen LogP contribution < -0.4 is 11.1 Å². The van der Waals surface area contributed by atoms with E-state index in [-0.39, 0.29) is 11.8 Å². The fourth-order valence-corrected chi connectivity index (χ4v) is 1.82. The highest BCUT2D eigenvalue weighted by Gasteiger charge is 2.17. The number of nitrogens with two attached hydrogens (primary N) is 1. The SMILES string of the molecule is CC(C)CC(CN)C(=O)NCCCN(C)C(C)C. The van der Waals surface area contributed by atoms with E-state index in [0.717, 1.165) is 25.9 Å². The number of nitrogens with one attached hydrogen (secondary N) is 1. The van der Waals surface area contributed by atoms with Gasteiger partial charge >= 0.3 is 0 Å². The average molecular weight is 257 g/mol. The molecule has 18 heavy (non-hydrogen) atoms. The van der Waals surface area contributed by atoms with Gasteiger partial charge in [0.2, 0.25) is 5.91 Å². The summed E-state index contributed by atoms with van der Waals surface area (Å²) in [6, 6.07) is 0.554. The van der Waals surface area contributed by atoms with Crippen molar-refractivity contribution in [3.63, 3.8) is 0 Å². The van der Waals surface area contributed by atoms with Crippen molar-refractivity contribution in [3.8, 4) is 0 Å². The monoisotopic (exact) mass is 257 g/mol. The summed E-state index contributed by atoms with van der Waals surface area (Å²) >= 11 is 0. The second kappa shape index (κ2) is 9.34. The summed E-state index contributed by atoms with van der Waals surface area (Å²) in [4.78, 5) is 14.2. The van der Waals surface area contributed by atoms with Gasteiger partial charge in [0.25, 0.3) is 0 Å². The fourth-order valence-electron chi connectivity index (χ4n) is 1.82. The quantitative estimate of drug-likeness (QED) is 0.615. The number of nitrogens with zero attached hydrogens (tertiary/aromatic N) is 1. The van der Waals surface area contributed by atoms with E-state index in [1.165, 1.54) is 0 Å². The Kier molecular flexibility index (Phi) is 9.02. The Labute approximate surface area is 112 Å². The zero-order valence-corrected chi connectivity index (χ0v) is 12.7. The van der Waals surface area contributed by atoms with E-state index >= 15 is 0 Å². The first kappa shape index (κ1) is 17.4. The summed E-state index contributed by atoms with van der Waals surface area (Å²) in [7, 11) is 2.11. The van der Waals surface area contributed by atoms with Crippen LogP contribution >= 0.6 is 0 Å². The lowest BCUT2D eigenvalue weighted by Gasteiger charge is -2.21. The standard InChI is InChI=1S/C14H31N3O/c1-11(2)9-13(10-15)14(18)16-7-6-8-17(5)12(3)4/h11-13H,6-10,15H2,1-5H3,(H,16,18). The van der Waals surface area contributed by atoms with Crippen molar-refractivity contribution in [2.24, 2.45) is 17.6 Å². The molecule has 0 aliphatic heterocycles. The van der Waals surface area contributed by atoms with Gasteiger partial charge in [0.15, 0.2) is 0 Å². The predicted octanol–water partition coefficient (Wildman–Crippen LogP) is 1.45. The minimum atomic E-state index is -0.0344. The molecule has 4 heteroatoms. The lowest BCUT2D eigenvalue weighted by Crippen LogP contribution is -2.37. The van der Waals surface area contributed by atoms with E-state index in [9.17, 15) is 4.79 Å². The van der Waals surface area contributed by atoms with Crippen molar-refractivity contribution >= 4 is 5.91 Å².